The number of para-hydroxylation sites is 1. The van der Waals surface area contributed by atoms with E-state index in [0.717, 1.165) is 22.5 Å². The standard InChI is InChI=1S/C25H23N3O6/c1-33-24(31)14-9-15(25(32)34-2)11-16(10-14)28-22(29)12-21(23(28)30)27-8-7-18-17-5-3-4-6-19(17)26-20(18)13-27/h3-6,9-11,21,26H,7-8,12-13H2,1-2H3/t21-/m1/s1. The molecule has 34 heavy (non-hydrogen) atoms. The van der Waals surface area contributed by atoms with Crippen LogP contribution in [0, 0.1) is 0 Å². The van der Waals surface area contributed by atoms with Gasteiger partial charge in [0.1, 0.15) is 0 Å². The van der Waals surface area contributed by atoms with Crippen molar-refractivity contribution in [1.29, 1.82) is 0 Å². The predicted molar refractivity (Wildman–Crippen MR) is 122 cm³/mol. The number of carbonyl (C=O) groups excluding carboxylic acids is 4. The quantitative estimate of drug-likeness (QED) is 0.470. The lowest BCUT2D eigenvalue weighted by atomic mass is 10.0. The molecular weight excluding hydrogens is 438 g/mol. The van der Waals surface area contributed by atoms with Gasteiger partial charge in [-0.05, 0) is 36.2 Å². The Morgan fingerprint density at radius 1 is 1.00 bits per heavy atom. The fourth-order valence-electron chi connectivity index (χ4n) is 4.86. The Morgan fingerprint density at radius 3 is 2.35 bits per heavy atom. The number of imide groups is 1. The molecule has 1 N–H and O–H groups in total. The second-order valence-electron chi connectivity index (χ2n) is 8.39. The second-order valence-corrected chi connectivity index (χ2v) is 8.39. The van der Waals surface area contributed by atoms with Gasteiger partial charge in [0.05, 0.1) is 43.5 Å². The first kappa shape index (κ1) is 21.8. The summed E-state index contributed by atoms with van der Waals surface area (Å²) in [5.74, 6) is -2.16. The van der Waals surface area contributed by atoms with E-state index in [1.54, 1.807) is 0 Å². The number of amides is 2. The van der Waals surface area contributed by atoms with E-state index in [1.807, 2.05) is 23.1 Å². The molecule has 3 aromatic rings. The Kier molecular flexibility index (Phi) is 5.41. The summed E-state index contributed by atoms with van der Waals surface area (Å²) in [7, 11) is 2.42. The van der Waals surface area contributed by atoms with Gasteiger partial charge < -0.3 is 14.5 Å². The van der Waals surface area contributed by atoms with Crippen molar-refractivity contribution in [3.63, 3.8) is 0 Å². The van der Waals surface area contributed by atoms with Crippen molar-refractivity contribution >= 4 is 40.3 Å². The van der Waals surface area contributed by atoms with Crippen LogP contribution in [0.4, 0.5) is 5.69 Å². The molecule has 0 unspecified atom stereocenters. The summed E-state index contributed by atoms with van der Waals surface area (Å²) < 4.78 is 9.52. The molecule has 3 heterocycles. The Balaban J connectivity index is 1.45. The van der Waals surface area contributed by atoms with Crippen molar-refractivity contribution in [3.05, 3.63) is 64.8 Å². The summed E-state index contributed by atoms with van der Waals surface area (Å²) in [6.07, 6.45) is 0.784. The van der Waals surface area contributed by atoms with Gasteiger partial charge in [-0.25, -0.2) is 14.5 Å². The summed E-state index contributed by atoms with van der Waals surface area (Å²) in [6, 6.07) is 11.5. The van der Waals surface area contributed by atoms with Crippen LogP contribution in [0.25, 0.3) is 10.9 Å². The van der Waals surface area contributed by atoms with E-state index in [-0.39, 0.29) is 29.1 Å². The Hall–Kier alpha value is -3.98. The van der Waals surface area contributed by atoms with Crippen LogP contribution < -0.4 is 4.90 Å². The minimum absolute atomic E-state index is 0.0183. The zero-order valence-electron chi connectivity index (χ0n) is 18.8. The number of fused-ring (bicyclic) bond motifs is 3. The second kappa shape index (κ2) is 8.42. The number of ether oxygens (including phenoxy) is 2. The van der Waals surface area contributed by atoms with Crippen molar-refractivity contribution in [3.8, 4) is 0 Å². The highest BCUT2D eigenvalue weighted by Gasteiger charge is 2.44. The molecule has 2 aromatic carbocycles. The number of benzene rings is 2. The average molecular weight is 461 g/mol. The number of methoxy groups -OCH3 is 2. The number of aromatic nitrogens is 1. The van der Waals surface area contributed by atoms with Gasteiger partial charge in [-0.1, -0.05) is 18.2 Å². The van der Waals surface area contributed by atoms with Gasteiger partial charge in [0.2, 0.25) is 5.91 Å². The van der Waals surface area contributed by atoms with Crippen LogP contribution in [0.15, 0.2) is 42.5 Å². The smallest absolute Gasteiger partial charge is 0.337 e. The number of aromatic amines is 1. The van der Waals surface area contributed by atoms with Gasteiger partial charge in [0.25, 0.3) is 5.91 Å². The number of rotatable bonds is 4. The number of hydrogen-bond acceptors (Lipinski definition) is 7. The Morgan fingerprint density at radius 2 is 1.68 bits per heavy atom. The summed E-state index contributed by atoms with van der Waals surface area (Å²) >= 11 is 0. The molecule has 0 aliphatic carbocycles. The summed E-state index contributed by atoms with van der Waals surface area (Å²) in [5, 5.41) is 1.18. The number of nitrogens with zero attached hydrogens (tertiary/aromatic N) is 2. The fourth-order valence-corrected chi connectivity index (χ4v) is 4.86. The van der Waals surface area contributed by atoms with Crippen LogP contribution in [0.1, 0.15) is 38.4 Å². The number of nitrogens with one attached hydrogen (secondary N) is 1. The van der Waals surface area contributed by atoms with E-state index in [1.165, 1.54) is 43.4 Å². The highest BCUT2D eigenvalue weighted by molar-refractivity contribution is 6.23. The first-order valence-corrected chi connectivity index (χ1v) is 10.9. The molecule has 0 radical (unpaired) electrons. The van der Waals surface area contributed by atoms with Crippen molar-refractivity contribution in [1.82, 2.24) is 9.88 Å². The van der Waals surface area contributed by atoms with Crippen molar-refractivity contribution in [2.75, 3.05) is 25.7 Å². The molecule has 1 saturated heterocycles. The molecule has 0 bridgehead atoms. The van der Waals surface area contributed by atoms with E-state index in [0.29, 0.717) is 13.1 Å². The lowest BCUT2D eigenvalue weighted by molar-refractivity contribution is -0.123. The van der Waals surface area contributed by atoms with Crippen LogP contribution in [-0.4, -0.2) is 60.4 Å². The molecule has 2 aliphatic heterocycles. The number of carbonyl (C=O) groups is 4. The van der Waals surface area contributed by atoms with E-state index in [9.17, 15) is 19.2 Å². The lowest BCUT2D eigenvalue weighted by Gasteiger charge is -2.30. The first-order chi connectivity index (χ1) is 16.4. The van der Waals surface area contributed by atoms with Gasteiger partial charge in [-0.2, -0.15) is 0 Å². The maximum Gasteiger partial charge on any atom is 0.337 e. The maximum atomic E-state index is 13.4. The number of anilines is 1. The van der Waals surface area contributed by atoms with E-state index in [4.69, 9.17) is 9.47 Å². The third kappa shape index (κ3) is 3.54. The van der Waals surface area contributed by atoms with Crippen molar-refractivity contribution in [2.45, 2.75) is 25.4 Å². The highest BCUT2D eigenvalue weighted by atomic mass is 16.5. The topological polar surface area (TPSA) is 109 Å². The number of H-pyrrole nitrogens is 1. The van der Waals surface area contributed by atoms with E-state index < -0.39 is 23.9 Å². The Labute approximate surface area is 195 Å². The molecule has 1 atom stereocenters. The largest absolute Gasteiger partial charge is 0.465 e. The molecule has 9 heteroatoms. The zero-order valence-corrected chi connectivity index (χ0v) is 18.8. The molecular formula is C25H23N3O6. The maximum absolute atomic E-state index is 13.4. The minimum atomic E-state index is -0.690. The minimum Gasteiger partial charge on any atom is -0.465 e. The molecule has 0 spiro atoms. The molecule has 0 saturated carbocycles. The summed E-state index contributed by atoms with van der Waals surface area (Å²) in [6.45, 7) is 1.17. The van der Waals surface area contributed by atoms with Crippen LogP contribution in [-0.2, 0) is 32.0 Å². The summed E-state index contributed by atoms with van der Waals surface area (Å²) in [5.41, 5.74) is 3.58. The third-order valence-electron chi connectivity index (χ3n) is 6.49. The fraction of sp³-hybridized carbons (Fsp3) is 0.280. The van der Waals surface area contributed by atoms with Crippen LogP contribution in [0.2, 0.25) is 0 Å². The van der Waals surface area contributed by atoms with Gasteiger partial charge in [0.15, 0.2) is 0 Å². The molecule has 1 aromatic heterocycles. The van der Waals surface area contributed by atoms with Crippen LogP contribution in [0.3, 0.4) is 0 Å². The number of hydrogen-bond donors (Lipinski definition) is 1. The van der Waals surface area contributed by atoms with Gasteiger partial charge in [-0.15, -0.1) is 0 Å². The predicted octanol–water partition coefficient (Wildman–Crippen LogP) is 2.43. The lowest BCUT2D eigenvalue weighted by Crippen LogP contribution is -2.44. The van der Waals surface area contributed by atoms with Gasteiger partial charge in [0, 0.05) is 29.7 Å². The van der Waals surface area contributed by atoms with Crippen molar-refractivity contribution < 1.29 is 28.7 Å². The molecule has 2 amide bonds. The third-order valence-corrected chi connectivity index (χ3v) is 6.49. The molecule has 9 nitrogen and oxygen atoms in total. The van der Waals surface area contributed by atoms with Crippen LogP contribution in [0.5, 0.6) is 0 Å². The van der Waals surface area contributed by atoms with Gasteiger partial charge in [-0.3, -0.25) is 14.5 Å². The zero-order chi connectivity index (χ0) is 24.0. The molecule has 5 rings (SSSR count). The number of esters is 2. The van der Waals surface area contributed by atoms with Crippen molar-refractivity contribution in [2.24, 2.45) is 0 Å². The molecule has 1 fully saturated rings. The van der Waals surface area contributed by atoms with Crippen LogP contribution >= 0.6 is 0 Å². The van der Waals surface area contributed by atoms with E-state index in [2.05, 4.69) is 11.1 Å². The highest BCUT2D eigenvalue weighted by Crippen LogP contribution is 2.33. The molecule has 174 valence electrons. The monoisotopic (exact) mass is 461 g/mol. The van der Waals surface area contributed by atoms with E-state index >= 15 is 0 Å². The SMILES string of the molecule is COC(=O)c1cc(C(=O)OC)cc(N2C(=O)C[C@@H](N3CCc4c([nH]c5ccccc45)C3)C2=O)c1. The average Bonchev–Trinajstić information content (AvgIpc) is 3.38. The summed E-state index contributed by atoms with van der Waals surface area (Å²) in [4.78, 5) is 57.1. The van der Waals surface area contributed by atoms with Gasteiger partial charge >= 0.3 is 11.9 Å². The first-order valence-electron chi connectivity index (χ1n) is 10.9. The normalized spacial score (nSPS) is 18.3. The Bertz CT molecular complexity index is 1310. The molecule has 2 aliphatic rings.